The van der Waals surface area contributed by atoms with Crippen molar-refractivity contribution in [1.82, 2.24) is 9.97 Å². The van der Waals surface area contributed by atoms with Gasteiger partial charge in [0.05, 0.1) is 28.5 Å². The summed E-state index contributed by atoms with van der Waals surface area (Å²) < 4.78 is 0. The topological polar surface area (TPSA) is 38.1 Å². The van der Waals surface area contributed by atoms with E-state index in [0.29, 0.717) is 0 Å². The van der Waals surface area contributed by atoms with Gasteiger partial charge in [0.2, 0.25) is 0 Å². The quantitative estimate of drug-likeness (QED) is 0.495. The van der Waals surface area contributed by atoms with Crippen molar-refractivity contribution in [3.63, 3.8) is 0 Å². The molecule has 0 N–H and O–H groups in total. The highest BCUT2D eigenvalue weighted by Crippen LogP contribution is 2.29. The number of pyridine rings is 2. The zero-order valence-electron chi connectivity index (χ0n) is 6.23. The molecule has 0 amide bonds. The van der Waals surface area contributed by atoms with Crippen LogP contribution in [-0.2, 0) is 0 Å². The van der Waals surface area contributed by atoms with Crippen LogP contribution in [0.5, 0.6) is 0 Å². The summed E-state index contributed by atoms with van der Waals surface area (Å²) in [5, 5.41) is 1.07. The minimum absolute atomic E-state index is 0.926. The summed E-state index contributed by atoms with van der Waals surface area (Å²) in [7, 11) is 0. The van der Waals surface area contributed by atoms with E-state index < -0.39 is 0 Å². The van der Waals surface area contributed by atoms with E-state index in [-0.39, 0.29) is 0 Å². The lowest BCUT2D eigenvalue weighted by atomic mass is 10.2. The van der Waals surface area contributed by atoms with Crippen LogP contribution in [0.1, 0.15) is 5.69 Å². The maximum Gasteiger partial charge on any atom is 0.0928 e. The SMILES string of the molecule is C1=Nc2ccnc3ccnc1c23. The van der Waals surface area contributed by atoms with E-state index >= 15 is 0 Å². The third kappa shape index (κ3) is 0.580. The average molecular weight is 155 g/mol. The van der Waals surface area contributed by atoms with Crippen molar-refractivity contribution in [2.75, 3.05) is 0 Å². The Morgan fingerprint density at radius 1 is 1.00 bits per heavy atom. The molecule has 56 valence electrons. The van der Waals surface area contributed by atoms with Gasteiger partial charge in [-0.25, -0.2) is 0 Å². The first-order valence-electron chi connectivity index (χ1n) is 3.73. The van der Waals surface area contributed by atoms with Gasteiger partial charge in [-0.3, -0.25) is 15.0 Å². The molecule has 0 aliphatic carbocycles. The maximum atomic E-state index is 4.22. The van der Waals surface area contributed by atoms with Crippen LogP contribution in [0.15, 0.2) is 29.5 Å². The molecule has 3 nitrogen and oxygen atoms in total. The summed E-state index contributed by atoms with van der Waals surface area (Å²) in [6.07, 6.45) is 5.30. The number of hydrogen-bond acceptors (Lipinski definition) is 3. The first-order valence-corrected chi connectivity index (χ1v) is 3.73. The standard InChI is InChI=1S/C9H5N3/c1-4-11-8-5-12-7-2-3-10-6(1)9(7)8/h1-5H. The molecule has 3 heterocycles. The van der Waals surface area contributed by atoms with E-state index in [1.807, 2.05) is 12.1 Å². The minimum Gasteiger partial charge on any atom is -0.256 e. The molecule has 1 aliphatic heterocycles. The second kappa shape index (κ2) is 1.88. The lowest BCUT2D eigenvalue weighted by Gasteiger charge is -1.96. The molecule has 0 aromatic carbocycles. The summed E-state index contributed by atoms with van der Waals surface area (Å²) in [5.74, 6) is 0. The second-order valence-corrected chi connectivity index (χ2v) is 2.68. The summed E-state index contributed by atoms with van der Waals surface area (Å²) in [6, 6.07) is 3.80. The van der Waals surface area contributed by atoms with Crippen molar-refractivity contribution < 1.29 is 0 Å². The summed E-state index contributed by atoms with van der Waals surface area (Å²) in [4.78, 5) is 12.6. The van der Waals surface area contributed by atoms with Gasteiger partial charge in [0.25, 0.3) is 0 Å². The van der Waals surface area contributed by atoms with Crippen LogP contribution in [-0.4, -0.2) is 16.2 Å². The molecule has 0 fully saturated rings. The Labute approximate surface area is 68.8 Å². The van der Waals surface area contributed by atoms with Crippen LogP contribution in [0, 0.1) is 0 Å². The predicted octanol–water partition coefficient (Wildman–Crippen LogP) is 1.69. The van der Waals surface area contributed by atoms with Crippen LogP contribution in [0.3, 0.4) is 0 Å². The smallest absolute Gasteiger partial charge is 0.0928 e. The Hall–Kier alpha value is -1.77. The molecule has 2 aromatic heterocycles. The lowest BCUT2D eigenvalue weighted by Crippen LogP contribution is -1.85. The molecule has 3 heteroatoms. The van der Waals surface area contributed by atoms with Gasteiger partial charge in [0, 0.05) is 12.4 Å². The first-order chi connectivity index (χ1) is 5.95. The monoisotopic (exact) mass is 155 g/mol. The number of aliphatic imine (C=N–C) groups is 1. The highest BCUT2D eigenvalue weighted by atomic mass is 14.8. The maximum absolute atomic E-state index is 4.22. The molecule has 0 spiro atoms. The van der Waals surface area contributed by atoms with E-state index in [2.05, 4.69) is 15.0 Å². The fraction of sp³-hybridized carbons (Fsp3) is 0. The number of nitrogens with zero attached hydrogens (tertiary/aromatic N) is 3. The molecule has 3 rings (SSSR count). The molecule has 0 radical (unpaired) electrons. The van der Waals surface area contributed by atoms with Gasteiger partial charge in [-0.15, -0.1) is 0 Å². The number of aromatic nitrogens is 2. The molecule has 2 aromatic rings. The van der Waals surface area contributed by atoms with Crippen molar-refractivity contribution >= 4 is 22.8 Å². The van der Waals surface area contributed by atoms with Crippen LogP contribution < -0.4 is 0 Å². The van der Waals surface area contributed by atoms with Crippen molar-refractivity contribution in [2.24, 2.45) is 4.99 Å². The summed E-state index contributed by atoms with van der Waals surface area (Å²) >= 11 is 0. The largest absolute Gasteiger partial charge is 0.256 e. The highest BCUT2D eigenvalue weighted by molar-refractivity contribution is 6.08. The Kier molecular flexibility index (Phi) is 0.913. The van der Waals surface area contributed by atoms with Gasteiger partial charge in [-0.05, 0) is 12.1 Å². The minimum atomic E-state index is 0.926. The molecule has 0 bridgehead atoms. The highest BCUT2D eigenvalue weighted by Gasteiger charge is 2.10. The molecule has 0 unspecified atom stereocenters. The van der Waals surface area contributed by atoms with Crippen LogP contribution in [0.2, 0.25) is 0 Å². The van der Waals surface area contributed by atoms with Gasteiger partial charge in [0.15, 0.2) is 0 Å². The number of rotatable bonds is 0. The van der Waals surface area contributed by atoms with Gasteiger partial charge in [-0.1, -0.05) is 0 Å². The molecule has 1 aliphatic rings. The van der Waals surface area contributed by atoms with Crippen LogP contribution >= 0.6 is 0 Å². The van der Waals surface area contributed by atoms with Crippen molar-refractivity contribution in [1.29, 1.82) is 0 Å². The molecular weight excluding hydrogens is 150 g/mol. The zero-order chi connectivity index (χ0) is 7.97. The zero-order valence-corrected chi connectivity index (χ0v) is 6.23. The van der Waals surface area contributed by atoms with E-state index in [9.17, 15) is 0 Å². The fourth-order valence-corrected chi connectivity index (χ4v) is 1.44. The number of hydrogen-bond donors (Lipinski definition) is 0. The summed E-state index contributed by atoms with van der Waals surface area (Å²) in [6.45, 7) is 0. The van der Waals surface area contributed by atoms with Crippen molar-refractivity contribution in [2.45, 2.75) is 0 Å². The third-order valence-corrected chi connectivity index (χ3v) is 1.99. The summed E-state index contributed by atoms with van der Waals surface area (Å²) in [5.41, 5.74) is 2.87. The van der Waals surface area contributed by atoms with Gasteiger partial charge in [0.1, 0.15) is 0 Å². The molecular formula is C9H5N3. The van der Waals surface area contributed by atoms with Gasteiger partial charge in [-0.2, -0.15) is 0 Å². The normalized spacial score (nSPS) is 12.7. The van der Waals surface area contributed by atoms with E-state index in [1.165, 1.54) is 0 Å². The van der Waals surface area contributed by atoms with E-state index in [4.69, 9.17) is 0 Å². The lowest BCUT2D eigenvalue weighted by molar-refractivity contribution is 1.32. The van der Waals surface area contributed by atoms with E-state index in [1.54, 1.807) is 18.6 Å². The Morgan fingerprint density at radius 3 is 2.92 bits per heavy atom. The average Bonchev–Trinajstić information content (AvgIpc) is 2.52. The van der Waals surface area contributed by atoms with Gasteiger partial charge < -0.3 is 0 Å². The van der Waals surface area contributed by atoms with Crippen molar-refractivity contribution in [3.05, 3.63) is 30.2 Å². The fourth-order valence-electron chi connectivity index (χ4n) is 1.44. The molecule has 12 heavy (non-hydrogen) atoms. The van der Waals surface area contributed by atoms with Crippen LogP contribution in [0.4, 0.5) is 5.69 Å². The molecule has 0 atom stereocenters. The van der Waals surface area contributed by atoms with Crippen molar-refractivity contribution in [3.8, 4) is 0 Å². The first kappa shape index (κ1) is 5.83. The molecule has 0 saturated carbocycles. The Balaban J connectivity index is 2.64. The Morgan fingerprint density at radius 2 is 1.92 bits per heavy atom. The van der Waals surface area contributed by atoms with Gasteiger partial charge >= 0.3 is 0 Å². The molecule has 0 saturated heterocycles. The Bertz CT molecular complexity index is 447. The van der Waals surface area contributed by atoms with Crippen LogP contribution in [0.25, 0.3) is 10.9 Å². The predicted molar refractivity (Wildman–Crippen MR) is 46.8 cm³/mol. The third-order valence-electron chi connectivity index (χ3n) is 1.99. The van der Waals surface area contributed by atoms with E-state index in [0.717, 1.165) is 22.3 Å². The second-order valence-electron chi connectivity index (χ2n) is 2.68.